The number of esters is 1. The molecule has 0 spiro atoms. The number of ether oxygens (including phenoxy) is 2. The molecular formula is C11H19O13P. The number of rotatable bonds is 9. The Balaban J connectivity index is 2.49. The number of aliphatic hydroxyl groups is 5. The molecule has 6 N–H and O–H groups in total. The summed E-state index contributed by atoms with van der Waals surface area (Å²) >= 11 is 0. The lowest BCUT2D eigenvalue weighted by molar-refractivity contribution is -0.220. The van der Waals surface area contributed by atoms with Crippen molar-refractivity contribution < 1.29 is 63.1 Å². The molecule has 14 heteroatoms. The van der Waals surface area contributed by atoms with Crippen molar-refractivity contribution in [1.82, 2.24) is 0 Å². The van der Waals surface area contributed by atoms with Gasteiger partial charge in [-0.25, -0.2) is 9.36 Å². The minimum Gasteiger partial charge on any atom is -0.461 e. The van der Waals surface area contributed by atoms with Crippen LogP contribution in [0.3, 0.4) is 0 Å². The second-order valence-electron chi connectivity index (χ2n) is 4.95. The van der Waals surface area contributed by atoms with Crippen molar-refractivity contribution in [2.75, 3.05) is 19.8 Å². The summed E-state index contributed by atoms with van der Waals surface area (Å²) in [5.74, 6) is -0.942. The molecule has 0 saturated heterocycles. The van der Waals surface area contributed by atoms with Gasteiger partial charge in [0.25, 0.3) is 6.47 Å². The predicted octanol–water partition coefficient (Wildman–Crippen LogP) is -3.98. The van der Waals surface area contributed by atoms with Crippen LogP contribution >= 0.6 is 7.82 Å². The quantitative estimate of drug-likeness (QED) is 0.0961. The van der Waals surface area contributed by atoms with Gasteiger partial charge < -0.3 is 39.9 Å². The average molecular weight is 390 g/mol. The first kappa shape index (κ1) is 21.9. The van der Waals surface area contributed by atoms with Gasteiger partial charge in [-0.15, -0.1) is 0 Å². The lowest BCUT2D eigenvalue weighted by Gasteiger charge is -2.41. The normalized spacial score (nSPS) is 34.8. The molecule has 25 heavy (non-hydrogen) atoms. The molecule has 0 amide bonds. The van der Waals surface area contributed by atoms with Crippen LogP contribution in [0.2, 0.25) is 0 Å². The fourth-order valence-corrected chi connectivity index (χ4v) is 2.88. The molecule has 0 aromatic carbocycles. The summed E-state index contributed by atoms with van der Waals surface area (Å²) < 4.78 is 29.3. The van der Waals surface area contributed by atoms with E-state index in [0.29, 0.717) is 0 Å². The van der Waals surface area contributed by atoms with E-state index < -0.39 is 70.2 Å². The van der Waals surface area contributed by atoms with Crippen LogP contribution in [0, 0.1) is 0 Å². The number of phosphoric ester groups is 1. The molecule has 0 bridgehead atoms. The second kappa shape index (κ2) is 9.52. The van der Waals surface area contributed by atoms with E-state index >= 15 is 0 Å². The number of aliphatic hydroxyl groups excluding tert-OH is 5. The third kappa shape index (κ3) is 6.26. The van der Waals surface area contributed by atoms with Crippen molar-refractivity contribution in [2.45, 2.75) is 36.6 Å². The number of carbonyl (C=O) groups is 2. The van der Waals surface area contributed by atoms with Crippen molar-refractivity contribution in [2.24, 2.45) is 0 Å². The monoisotopic (exact) mass is 390 g/mol. The van der Waals surface area contributed by atoms with E-state index in [1.807, 2.05) is 0 Å². The summed E-state index contributed by atoms with van der Waals surface area (Å²) in [6.45, 7) is -1.77. The summed E-state index contributed by atoms with van der Waals surface area (Å²) in [5, 5.41) is 47.7. The van der Waals surface area contributed by atoms with E-state index in [2.05, 4.69) is 18.5 Å². The van der Waals surface area contributed by atoms with Gasteiger partial charge in [0, 0.05) is 0 Å². The molecule has 1 aliphatic rings. The fraction of sp³-hybridized carbons (Fsp3) is 0.818. The highest BCUT2D eigenvalue weighted by Crippen LogP contribution is 2.46. The van der Waals surface area contributed by atoms with Gasteiger partial charge in [-0.1, -0.05) is 0 Å². The van der Waals surface area contributed by atoms with Gasteiger partial charge in [0.05, 0.1) is 6.61 Å². The minimum absolute atomic E-state index is 0.0219. The number of hydrogen-bond acceptors (Lipinski definition) is 12. The van der Waals surface area contributed by atoms with Gasteiger partial charge in [0.15, 0.2) is 6.61 Å². The highest BCUT2D eigenvalue weighted by atomic mass is 31.2. The first-order valence-electron chi connectivity index (χ1n) is 6.87. The molecule has 146 valence electrons. The molecule has 1 rings (SSSR count). The van der Waals surface area contributed by atoms with Crippen LogP contribution in [0.25, 0.3) is 0 Å². The van der Waals surface area contributed by atoms with Gasteiger partial charge in [-0.05, 0) is 0 Å². The van der Waals surface area contributed by atoms with E-state index in [0.717, 1.165) is 0 Å². The van der Waals surface area contributed by atoms with Gasteiger partial charge in [0.2, 0.25) is 0 Å². The maximum atomic E-state index is 11.7. The van der Waals surface area contributed by atoms with E-state index in [9.17, 15) is 44.6 Å². The minimum atomic E-state index is -4.89. The van der Waals surface area contributed by atoms with E-state index in [-0.39, 0.29) is 6.47 Å². The molecule has 0 aliphatic heterocycles. The van der Waals surface area contributed by atoms with Crippen molar-refractivity contribution in [3.8, 4) is 0 Å². The molecule has 0 heterocycles. The van der Waals surface area contributed by atoms with Crippen LogP contribution in [0.5, 0.6) is 0 Å². The van der Waals surface area contributed by atoms with Crippen LogP contribution < -0.4 is 0 Å². The second-order valence-corrected chi connectivity index (χ2v) is 6.36. The molecule has 1 saturated carbocycles. The molecule has 0 aromatic rings. The molecule has 1 aliphatic carbocycles. The lowest BCUT2D eigenvalue weighted by atomic mass is 9.85. The summed E-state index contributed by atoms with van der Waals surface area (Å²) in [4.78, 5) is 30.3. The third-order valence-electron chi connectivity index (χ3n) is 3.20. The summed E-state index contributed by atoms with van der Waals surface area (Å²) in [6, 6.07) is 0. The third-order valence-corrected chi connectivity index (χ3v) is 4.22. The van der Waals surface area contributed by atoms with E-state index in [1.165, 1.54) is 0 Å². The van der Waals surface area contributed by atoms with E-state index in [1.54, 1.807) is 0 Å². The van der Waals surface area contributed by atoms with Crippen LogP contribution in [-0.4, -0.2) is 99.3 Å². The Bertz CT molecular complexity index is 482. The summed E-state index contributed by atoms with van der Waals surface area (Å²) in [6.07, 6.45) is -11.7. The fourth-order valence-electron chi connectivity index (χ4n) is 1.96. The zero-order valence-corrected chi connectivity index (χ0v) is 13.5. The Kier molecular flexibility index (Phi) is 8.34. The highest BCUT2D eigenvalue weighted by Gasteiger charge is 2.51. The first-order chi connectivity index (χ1) is 11.6. The van der Waals surface area contributed by atoms with Gasteiger partial charge >= 0.3 is 13.8 Å². The first-order valence-corrected chi connectivity index (χ1v) is 8.37. The number of hydrogen-bond donors (Lipinski definition) is 6. The molecule has 13 nitrogen and oxygen atoms in total. The standard InChI is InChI=1S/C11H19O13P/c12-4-21-3-5(13)22-1-2-23-25(19,20)24-11-9(17)7(15)6(14)8(16)10(11)18/h4,6-11,14-18H,1-3H2,(H,19,20). The Hall–Kier alpha value is -1.15. The Labute approximate surface area is 140 Å². The molecule has 1 fully saturated rings. The molecular weight excluding hydrogens is 371 g/mol. The van der Waals surface area contributed by atoms with Gasteiger partial charge in [0.1, 0.15) is 43.2 Å². The van der Waals surface area contributed by atoms with Crippen molar-refractivity contribution >= 4 is 20.3 Å². The van der Waals surface area contributed by atoms with Gasteiger partial charge in [-0.3, -0.25) is 13.8 Å². The Morgan fingerprint density at radius 1 is 0.960 bits per heavy atom. The molecule has 0 radical (unpaired) electrons. The smallest absolute Gasteiger partial charge is 0.461 e. The lowest BCUT2D eigenvalue weighted by Crippen LogP contribution is -2.64. The van der Waals surface area contributed by atoms with Gasteiger partial charge in [-0.2, -0.15) is 0 Å². The maximum Gasteiger partial charge on any atom is 0.472 e. The molecule has 5 atom stereocenters. The average Bonchev–Trinajstić information content (AvgIpc) is 2.57. The summed E-state index contributed by atoms with van der Waals surface area (Å²) in [7, 11) is -4.89. The number of phosphoric acid groups is 1. The topological polar surface area (TPSA) is 210 Å². The van der Waals surface area contributed by atoms with Crippen molar-refractivity contribution in [1.29, 1.82) is 0 Å². The zero-order valence-electron chi connectivity index (χ0n) is 12.7. The van der Waals surface area contributed by atoms with Crippen LogP contribution in [0.1, 0.15) is 0 Å². The number of carbonyl (C=O) groups excluding carboxylic acids is 2. The van der Waals surface area contributed by atoms with Crippen molar-refractivity contribution in [3.05, 3.63) is 0 Å². The summed E-state index contributed by atoms with van der Waals surface area (Å²) in [5.41, 5.74) is 0. The van der Waals surface area contributed by atoms with Crippen molar-refractivity contribution in [3.63, 3.8) is 0 Å². The Morgan fingerprint density at radius 3 is 2.00 bits per heavy atom. The SMILES string of the molecule is O=COCC(=O)OCCOP(=O)(O)OC1C(O)C(O)C(O)C(O)C1O. The largest absolute Gasteiger partial charge is 0.472 e. The molecule has 5 unspecified atom stereocenters. The van der Waals surface area contributed by atoms with Crippen LogP contribution in [0.4, 0.5) is 0 Å². The van der Waals surface area contributed by atoms with Crippen LogP contribution in [-0.2, 0) is 32.7 Å². The zero-order chi connectivity index (χ0) is 19.2. The maximum absolute atomic E-state index is 11.7. The van der Waals surface area contributed by atoms with Crippen LogP contribution in [0.15, 0.2) is 0 Å². The van der Waals surface area contributed by atoms with E-state index in [4.69, 9.17) is 0 Å². The Morgan fingerprint density at radius 2 is 1.48 bits per heavy atom. The predicted molar refractivity (Wildman–Crippen MR) is 73.7 cm³/mol. The molecule has 0 aromatic heterocycles. The highest BCUT2D eigenvalue weighted by molar-refractivity contribution is 7.47.